The molecule has 0 radical (unpaired) electrons. The van der Waals surface area contributed by atoms with Crippen LogP contribution in [0.5, 0.6) is 0 Å². The van der Waals surface area contributed by atoms with E-state index < -0.39 is 0 Å². The maximum atomic E-state index is 12.6. The van der Waals surface area contributed by atoms with Crippen molar-refractivity contribution in [2.24, 2.45) is 0 Å². The van der Waals surface area contributed by atoms with E-state index in [0.29, 0.717) is 5.56 Å². The monoisotopic (exact) mass is 400 g/mol. The molecule has 1 atom stereocenters. The summed E-state index contributed by atoms with van der Waals surface area (Å²) in [5.41, 5.74) is 3.93. The molecule has 0 saturated carbocycles. The van der Waals surface area contributed by atoms with Crippen molar-refractivity contribution in [3.05, 3.63) is 78.1 Å². The lowest BCUT2D eigenvalue weighted by molar-refractivity contribution is 0.0938. The Labute approximate surface area is 178 Å². The highest BCUT2D eigenvalue weighted by Gasteiger charge is 2.15. The summed E-state index contributed by atoms with van der Waals surface area (Å²) in [5.74, 6) is 0.763. The fraction of sp³-hybridized carbons (Fsp3) is 0.320. The molecule has 1 saturated heterocycles. The van der Waals surface area contributed by atoms with E-state index in [0.717, 1.165) is 43.0 Å². The predicted molar refractivity (Wildman–Crippen MR) is 121 cm³/mol. The number of carbonyl (C=O) groups is 1. The van der Waals surface area contributed by atoms with Gasteiger partial charge in [0.05, 0.1) is 0 Å². The molecular formula is C25H28N4O. The summed E-state index contributed by atoms with van der Waals surface area (Å²) in [7, 11) is 0. The Kier molecular flexibility index (Phi) is 6.38. The van der Waals surface area contributed by atoms with Crippen LogP contribution in [0.4, 0.5) is 5.95 Å². The first-order chi connectivity index (χ1) is 14.7. The molecule has 1 aliphatic heterocycles. The summed E-state index contributed by atoms with van der Waals surface area (Å²) in [5, 5.41) is 3.10. The highest BCUT2D eigenvalue weighted by molar-refractivity contribution is 5.94. The number of carbonyl (C=O) groups excluding carboxylic acids is 1. The van der Waals surface area contributed by atoms with E-state index >= 15 is 0 Å². The number of amides is 1. The molecule has 0 unspecified atom stereocenters. The number of aryl methyl sites for hydroxylation is 1. The van der Waals surface area contributed by atoms with Gasteiger partial charge in [-0.2, -0.15) is 0 Å². The van der Waals surface area contributed by atoms with Crippen LogP contribution in [-0.4, -0.2) is 35.0 Å². The van der Waals surface area contributed by atoms with E-state index in [4.69, 9.17) is 0 Å². The molecule has 0 spiro atoms. The minimum atomic E-state index is -0.0391. The number of aromatic nitrogens is 2. The Balaban J connectivity index is 1.32. The molecule has 5 nitrogen and oxygen atoms in total. The summed E-state index contributed by atoms with van der Waals surface area (Å²) in [6.45, 7) is 4.12. The van der Waals surface area contributed by atoms with E-state index in [-0.39, 0.29) is 11.9 Å². The lowest BCUT2D eigenvalue weighted by Gasteiger charge is -2.15. The molecule has 0 aliphatic carbocycles. The van der Waals surface area contributed by atoms with Crippen LogP contribution < -0.4 is 10.2 Å². The van der Waals surface area contributed by atoms with Gasteiger partial charge in [0.25, 0.3) is 5.91 Å². The molecule has 1 amide bonds. The van der Waals surface area contributed by atoms with Crippen molar-refractivity contribution in [1.29, 1.82) is 0 Å². The van der Waals surface area contributed by atoms with Crippen molar-refractivity contribution >= 4 is 11.9 Å². The smallest absolute Gasteiger partial charge is 0.251 e. The number of anilines is 1. The van der Waals surface area contributed by atoms with Gasteiger partial charge in [-0.3, -0.25) is 4.79 Å². The molecule has 30 heavy (non-hydrogen) atoms. The van der Waals surface area contributed by atoms with Gasteiger partial charge >= 0.3 is 0 Å². The Morgan fingerprint density at radius 2 is 1.63 bits per heavy atom. The molecule has 1 fully saturated rings. The first kappa shape index (κ1) is 20.1. The normalized spacial score (nSPS) is 14.5. The molecular weight excluding hydrogens is 372 g/mol. The fourth-order valence-corrected chi connectivity index (χ4v) is 3.77. The Morgan fingerprint density at radius 3 is 2.30 bits per heavy atom. The minimum Gasteiger partial charge on any atom is -0.350 e. The van der Waals surface area contributed by atoms with Crippen LogP contribution in [0, 0.1) is 0 Å². The van der Waals surface area contributed by atoms with Gasteiger partial charge < -0.3 is 10.2 Å². The zero-order chi connectivity index (χ0) is 20.8. The van der Waals surface area contributed by atoms with Gasteiger partial charge in [-0.05, 0) is 55.9 Å². The summed E-state index contributed by atoms with van der Waals surface area (Å²) in [6.07, 6.45) is 8.00. The summed E-state index contributed by atoms with van der Waals surface area (Å²) in [4.78, 5) is 23.8. The second-order valence-corrected chi connectivity index (χ2v) is 7.94. The lowest BCUT2D eigenvalue weighted by atomic mass is 10.0. The molecule has 0 bridgehead atoms. The number of nitrogens with one attached hydrogen (secondary N) is 1. The topological polar surface area (TPSA) is 58.1 Å². The van der Waals surface area contributed by atoms with Crippen LogP contribution in [-0.2, 0) is 6.42 Å². The van der Waals surface area contributed by atoms with Crippen LogP contribution >= 0.6 is 0 Å². The second kappa shape index (κ2) is 9.53. The van der Waals surface area contributed by atoms with Crippen molar-refractivity contribution in [2.75, 3.05) is 18.0 Å². The number of benzene rings is 2. The average Bonchev–Trinajstić information content (AvgIpc) is 3.34. The highest BCUT2D eigenvalue weighted by Crippen LogP contribution is 2.21. The Bertz CT molecular complexity index is 949. The Hall–Kier alpha value is -3.21. The van der Waals surface area contributed by atoms with Crippen LogP contribution in [0.1, 0.15) is 42.1 Å². The largest absolute Gasteiger partial charge is 0.350 e. The van der Waals surface area contributed by atoms with Gasteiger partial charge in [0.1, 0.15) is 0 Å². The van der Waals surface area contributed by atoms with Crippen molar-refractivity contribution in [1.82, 2.24) is 15.3 Å². The molecule has 154 valence electrons. The standard InChI is InChI=1S/C25H28N4O/c1-19(9-10-20-7-3-2-4-8-20)28-24(30)22-13-11-21(12-14-22)23-17-26-25(27-18-23)29-15-5-6-16-29/h2-4,7-8,11-14,17-19H,5-6,9-10,15-16H2,1H3,(H,28,30)/t19-/m0/s1. The molecule has 3 aromatic rings. The highest BCUT2D eigenvalue weighted by atomic mass is 16.1. The lowest BCUT2D eigenvalue weighted by Crippen LogP contribution is -2.32. The van der Waals surface area contributed by atoms with Gasteiger partial charge in [0.15, 0.2) is 0 Å². The van der Waals surface area contributed by atoms with E-state index in [1.54, 1.807) is 0 Å². The van der Waals surface area contributed by atoms with E-state index in [2.05, 4.69) is 39.2 Å². The third-order valence-corrected chi connectivity index (χ3v) is 5.59. The molecule has 1 aromatic heterocycles. The second-order valence-electron chi connectivity index (χ2n) is 7.94. The van der Waals surface area contributed by atoms with Crippen molar-refractivity contribution in [3.63, 3.8) is 0 Å². The number of nitrogens with zero attached hydrogens (tertiary/aromatic N) is 3. The molecule has 2 heterocycles. The number of hydrogen-bond donors (Lipinski definition) is 1. The molecule has 1 N–H and O–H groups in total. The van der Waals surface area contributed by atoms with Crippen LogP contribution in [0.3, 0.4) is 0 Å². The summed E-state index contributed by atoms with van der Waals surface area (Å²) in [6, 6.07) is 18.1. The molecule has 2 aromatic carbocycles. The van der Waals surface area contributed by atoms with Gasteiger partial charge in [-0.25, -0.2) is 9.97 Å². The average molecular weight is 401 g/mol. The molecule has 1 aliphatic rings. The quantitative estimate of drug-likeness (QED) is 0.635. The summed E-state index contributed by atoms with van der Waals surface area (Å²) >= 11 is 0. The van der Waals surface area contributed by atoms with Gasteiger partial charge in [-0.15, -0.1) is 0 Å². The van der Waals surface area contributed by atoms with E-state index in [1.807, 2.05) is 54.9 Å². The van der Waals surface area contributed by atoms with E-state index in [9.17, 15) is 4.79 Å². The third-order valence-electron chi connectivity index (χ3n) is 5.59. The third kappa shape index (κ3) is 5.03. The van der Waals surface area contributed by atoms with E-state index in [1.165, 1.54) is 18.4 Å². The predicted octanol–water partition coefficient (Wildman–Crippen LogP) is 4.49. The Morgan fingerprint density at radius 1 is 0.967 bits per heavy atom. The molecule has 5 heteroatoms. The van der Waals surface area contributed by atoms with Crippen LogP contribution in [0.15, 0.2) is 67.0 Å². The van der Waals surface area contributed by atoms with Crippen molar-refractivity contribution in [2.45, 2.75) is 38.6 Å². The zero-order valence-corrected chi connectivity index (χ0v) is 17.4. The maximum Gasteiger partial charge on any atom is 0.251 e. The van der Waals surface area contributed by atoms with Crippen molar-refractivity contribution in [3.8, 4) is 11.1 Å². The SMILES string of the molecule is C[C@@H](CCc1ccccc1)NC(=O)c1ccc(-c2cnc(N3CCCC3)nc2)cc1. The number of rotatable bonds is 7. The van der Waals surface area contributed by atoms with Gasteiger partial charge in [0.2, 0.25) is 5.95 Å². The fourth-order valence-electron chi connectivity index (χ4n) is 3.77. The maximum absolute atomic E-state index is 12.6. The van der Waals surface area contributed by atoms with Gasteiger partial charge in [-0.1, -0.05) is 42.5 Å². The minimum absolute atomic E-state index is 0.0391. The first-order valence-corrected chi connectivity index (χ1v) is 10.7. The molecule has 4 rings (SSSR count). The summed E-state index contributed by atoms with van der Waals surface area (Å²) < 4.78 is 0. The van der Waals surface area contributed by atoms with Crippen molar-refractivity contribution < 1.29 is 4.79 Å². The first-order valence-electron chi connectivity index (χ1n) is 10.7. The number of hydrogen-bond acceptors (Lipinski definition) is 4. The van der Waals surface area contributed by atoms with Gasteiger partial charge in [0, 0.05) is 42.7 Å². The van der Waals surface area contributed by atoms with Crippen LogP contribution in [0.2, 0.25) is 0 Å². The zero-order valence-electron chi connectivity index (χ0n) is 17.4. The van der Waals surface area contributed by atoms with Crippen LogP contribution in [0.25, 0.3) is 11.1 Å².